The molecule has 0 spiro atoms. The van der Waals surface area contributed by atoms with Crippen molar-refractivity contribution in [3.63, 3.8) is 0 Å². The summed E-state index contributed by atoms with van der Waals surface area (Å²) in [6.45, 7) is 0.508. The van der Waals surface area contributed by atoms with E-state index in [4.69, 9.17) is 4.74 Å². The van der Waals surface area contributed by atoms with Gasteiger partial charge in [0.15, 0.2) is 0 Å². The fourth-order valence-corrected chi connectivity index (χ4v) is 3.95. The average molecular weight is 454 g/mol. The van der Waals surface area contributed by atoms with Gasteiger partial charge < -0.3 is 15.0 Å². The zero-order chi connectivity index (χ0) is 23.5. The van der Waals surface area contributed by atoms with Crippen LogP contribution in [0, 0.1) is 0 Å². The molecule has 2 aromatic heterocycles. The van der Waals surface area contributed by atoms with Crippen LogP contribution >= 0.6 is 0 Å². The van der Waals surface area contributed by atoms with E-state index in [1.54, 1.807) is 59.5 Å². The maximum atomic E-state index is 12.9. The van der Waals surface area contributed by atoms with E-state index in [0.29, 0.717) is 23.4 Å². The minimum absolute atomic E-state index is 0.0463. The SMILES string of the molecule is CN(C[C@H]1Cc2ccccc2O1)C(=O)c1ccc(-n2cc(NC(=O)c3cccnc3)cn2)cc1. The molecule has 1 atom stereocenters. The molecular weight excluding hydrogens is 430 g/mol. The van der Waals surface area contributed by atoms with Crippen LogP contribution in [-0.4, -0.2) is 51.2 Å². The predicted molar refractivity (Wildman–Crippen MR) is 127 cm³/mol. The van der Waals surface area contributed by atoms with Gasteiger partial charge in [-0.3, -0.25) is 14.6 Å². The number of aromatic nitrogens is 3. The van der Waals surface area contributed by atoms with E-state index in [9.17, 15) is 9.59 Å². The van der Waals surface area contributed by atoms with E-state index in [0.717, 1.165) is 17.9 Å². The number of amides is 2. The van der Waals surface area contributed by atoms with E-state index in [1.165, 1.54) is 11.8 Å². The van der Waals surface area contributed by atoms with Crippen LogP contribution in [0.2, 0.25) is 0 Å². The standard InChI is InChI=1S/C26H23N5O3/c1-30(17-23-13-19-5-2-3-7-24(19)34-23)26(33)18-8-10-22(11-9-18)31-16-21(15-28-31)29-25(32)20-6-4-12-27-14-20/h2-12,14-16,23H,13,17H2,1H3,(H,29,32)/t23-/m1/s1. The highest BCUT2D eigenvalue weighted by Crippen LogP contribution is 2.28. The van der Waals surface area contributed by atoms with Gasteiger partial charge >= 0.3 is 0 Å². The summed E-state index contributed by atoms with van der Waals surface area (Å²) >= 11 is 0. The number of nitrogens with one attached hydrogen (secondary N) is 1. The highest BCUT2D eigenvalue weighted by Gasteiger charge is 2.25. The summed E-state index contributed by atoms with van der Waals surface area (Å²) < 4.78 is 7.60. The third-order valence-corrected chi connectivity index (χ3v) is 5.68. The molecule has 34 heavy (non-hydrogen) atoms. The van der Waals surface area contributed by atoms with Crippen molar-refractivity contribution in [2.75, 3.05) is 18.9 Å². The van der Waals surface area contributed by atoms with E-state index in [2.05, 4.69) is 21.5 Å². The number of para-hydroxylation sites is 1. The number of hydrogen-bond acceptors (Lipinski definition) is 5. The van der Waals surface area contributed by atoms with Gasteiger partial charge in [-0.25, -0.2) is 4.68 Å². The van der Waals surface area contributed by atoms with E-state index < -0.39 is 0 Å². The second-order valence-corrected chi connectivity index (χ2v) is 8.15. The first kappa shape index (κ1) is 21.4. The molecule has 3 heterocycles. The fourth-order valence-electron chi connectivity index (χ4n) is 3.95. The quantitative estimate of drug-likeness (QED) is 0.482. The lowest BCUT2D eigenvalue weighted by atomic mass is 10.1. The molecule has 2 amide bonds. The summed E-state index contributed by atoms with van der Waals surface area (Å²) in [5.74, 6) is 0.565. The van der Waals surface area contributed by atoms with Crippen LogP contribution in [0.25, 0.3) is 5.69 Å². The molecule has 0 saturated carbocycles. The number of ether oxygens (including phenoxy) is 1. The second kappa shape index (κ2) is 9.19. The Morgan fingerprint density at radius 3 is 2.65 bits per heavy atom. The lowest BCUT2D eigenvalue weighted by Gasteiger charge is -2.21. The van der Waals surface area contributed by atoms with Crippen molar-refractivity contribution in [2.45, 2.75) is 12.5 Å². The fraction of sp³-hybridized carbons (Fsp3) is 0.154. The lowest BCUT2D eigenvalue weighted by Crippen LogP contribution is -2.36. The van der Waals surface area contributed by atoms with Crippen molar-refractivity contribution in [3.8, 4) is 11.4 Å². The summed E-state index contributed by atoms with van der Waals surface area (Å²) in [5.41, 5.74) is 3.56. The van der Waals surface area contributed by atoms with Gasteiger partial charge in [-0.2, -0.15) is 5.10 Å². The first-order chi connectivity index (χ1) is 16.6. The second-order valence-electron chi connectivity index (χ2n) is 8.15. The Balaban J connectivity index is 1.20. The Kier molecular flexibility index (Phi) is 5.78. The van der Waals surface area contributed by atoms with Gasteiger partial charge in [-0.1, -0.05) is 18.2 Å². The Bertz CT molecular complexity index is 1290. The number of carbonyl (C=O) groups is 2. The van der Waals surface area contributed by atoms with Crippen molar-refractivity contribution in [2.24, 2.45) is 0 Å². The van der Waals surface area contributed by atoms with E-state index in [1.807, 2.05) is 30.3 Å². The number of rotatable bonds is 6. The van der Waals surface area contributed by atoms with Gasteiger partial charge in [0.25, 0.3) is 11.8 Å². The smallest absolute Gasteiger partial charge is 0.257 e. The van der Waals surface area contributed by atoms with Gasteiger partial charge in [0.05, 0.1) is 35.9 Å². The molecule has 0 fully saturated rings. The van der Waals surface area contributed by atoms with Crippen molar-refractivity contribution >= 4 is 17.5 Å². The molecule has 4 aromatic rings. The third kappa shape index (κ3) is 4.52. The van der Waals surface area contributed by atoms with Crippen LogP contribution in [0.4, 0.5) is 5.69 Å². The van der Waals surface area contributed by atoms with E-state index >= 15 is 0 Å². The maximum absolute atomic E-state index is 12.9. The first-order valence-corrected chi connectivity index (χ1v) is 10.9. The molecule has 0 radical (unpaired) electrons. The molecule has 2 aromatic carbocycles. The van der Waals surface area contributed by atoms with Crippen molar-refractivity contribution in [1.82, 2.24) is 19.7 Å². The molecule has 8 heteroatoms. The summed E-state index contributed by atoms with van der Waals surface area (Å²) in [6, 6.07) is 18.6. The van der Waals surface area contributed by atoms with Crippen LogP contribution in [0.1, 0.15) is 26.3 Å². The zero-order valence-corrected chi connectivity index (χ0v) is 18.6. The Morgan fingerprint density at radius 2 is 1.88 bits per heavy atom. The number of fused-ring (bicyclic) bond motifs is 1. The molecule has 1 N–H and O–H groups in total. The third-order valence-electron chi connectivity index (χ3n) is 5.68. The lowest BCUT2D eigenvalue weighted by molar-refractivity contribution is 0.0730. The number of hydrogen-bond donors (Lipinski definition) is 1. The molecule has 0 saturated heterocycles. The predicted octanol–water partition coefficient (Wildman–Crippen LogP) is 3.60. The highest BCUT2D eigenvalue weighted by molar-refractivity contribution is 6.03. The summed E-state index contributed by atoms with van der Waals surface area (Å²) in [7, 11) is 1.79. The van der Waals surface area contributed by atoms with Gasteiger partial charge in [-0.05, 0) is 48.0 Å². The van der Waals surface area contributed by atoms with Crippen molar-refractivity contribution in [1.29, 1.82) is 0 Å². The molecule has 0 unspecified atom stereocenters. The number of benzene rings is 2. The van der Waals surface area contributed by atoms with Gasteiger partial charge in [0, 0.05) is 31.4 Å². The largest absolute Gasteiger partial charge is 0.488 e. The average Bonchev–Trinajstić information content (AvgIpc) is 3.50. The van der Waals surface area contributed by atoms with Gasteiger partial charge in [0.1, 0.15) is 11.9 Å². The molecule has 0 aliphatic carbocycles. The normalized spacial score (nSPS) is 14.2. The molecule has 5 rings (SSSR count). The topological polar surface area (TPSA) is 89.4 Å². The Hall–Kier alpha value is -4.46. The van der Waals surface area contributed by atoms with Crippen LogP contribution in [0.3, 0.4) is 0 Å². The Morgan fingerprint density at radius 1 is 1.06 bits per heavy atom. The maximum Gasteiger partial charge on any atom is 0.257 e. The summed E-state index contributed by atoms with van der Waals surface area (Å²) in [5, 5.41) is 7.10. The summed E-state index contributed by atoms with van der Waals surface area (Å²) in [4.78, 5) is 30.8. The van der Waals surface area contributed by atoms with Crippen LogP contribution in [-0.2, 0) is 6.42 Å². The molecule has 1 aliphatic rings. The molecule has 0 bridgehead atoms. The summed E-state index contributed by atoms with van der Waals surface area (Å²) in [6.07, 6.45) is 7.15. The van der Waals surface area contributed by atoms with Crippen LogP contribution in [0.15, 0.2) is 85.5 Å². The minimum atomic E-state index is -0.258. The van der Waals surface area contributed by atoms with E-state index in [-0.39, 0.29) is 17.9 Å². The van der Waals surface area contributed by atoms with Crippen molar-refractivity contribution in [3.05, 3.63) is 102 Å². The molecular formula is C26H23N5O3. The molecule has 1 aliphatic heterocycles. The number of likely N-dealkylation sites (N-methyl/N-ethyl adjacent to an activating group) is 1. The number of anilines is 1. The van der Waals surface area contributed by atoms with Crippen molar-refractivity contribution < 1.29 is 14.3 Å². The Labute approximate surface area is 196 Å². The van der Waals surface area contributed by atoms with Crippen LogP contribution < -0.4 is 10.1 Å². The molecule has 8 nitrogen and oxygen atoms in total. The van der Waals surface area contributed by atoms with Crippen LogP contribution in [0.5, 0.6) is 5.75 Å². The van der Waals surface area contributed by atoms with Gasteiger partial charge in [-0.15, -0.1) is 0 Å². The zero-order valence-electron chi connectivity index (χ0n) is 18.6. The monoisotopic (exact) mass is 453 g/mol. The highest BCUT2D eigenvalue weighted by atomic mass is 16.5. The number of nitrogens with zero attached hydrogens (tertiary/aromatic N) is 4. The minimum Gasteiger partial charge on any atom is -0.488 e. The first-order valence-electron chi connectivity index (χ1n) is 10.9. The van der Waals surface area contributed by atoms with Gasteiger partial charge in [0.2, 0.25) is 0 Å². The number of pyridine rings is 1. The molecule has 170 valence electrons. The number of carbonyl (C=O) groups excluding carboxylic acids is 2.